The van der Waals surface area contributed by atoms with Gasteiger partial charge in [-0.15, -0.1) is 0 Å². The molecular weight excluding hydrogens is 390 g/mol. The quantitative estimate of drug-likeness (QED) is 0.664. The van der Waals surface area contributed by atoms with Gasteiger partial charge in [-0.05, 0) is 43.4 Å². The largest absolute Gasteiger partial charge is 0.368 e. The van der Waals surface area contributed by atoms with Crippen LogP contribution in [-0.4, -0.2) is 42.1 Å². The molecule has 2 saturated carbocycles. The van der Waals surface area contributed by atoms with Crippen LogP contribution in [0.5, 0.6) is 0 Å². The standard InChI is InChI=1S/C22H31N9/c1-29-19-16(11-25-29)20(28-21(24)27-19)30-8-5-18-15(12-30)10-26-31(18)13-22-6-2-3-14(9-22)17(23)4-7-22/h10-11,14,17H,2-9,12-13,23H2,1H3,(H2,24,27,28). The van der Waals surface area contributed by atoms with Gasteiger partial charge in [0.15, 0.2) is 5.65 Å². The Labute approximate surface area is 181 Å². The first-order chi connectivity index (χ1) is 15.0. The lowest BCUT2D eigenvalue weighted by molar-refractivity contribution is 0.0423. The SMILES string of the molecule is Cn1ncc2c(N3CCc4c(cnn4CC45CCCC(C4)C(N)CC5)C3)nc(N)nc21. The third-order valence-corrected chi connectivity index (χ3v) is 7.98. The minimum absolute atomic E-state index is 0.286. The average molecular weight is 422 g/mol. The van der Waals surface area contributed by atoms with E-state index in [0.717, 1.165) is 49.3 Å². The van der Waals surface area contributed by atoms with E-state index in [1.807, 2.05) is 13.2 Å². The van der Waals surface area contributed by atoms with Crippen LogP contribution in [0.2, 0.25) is 0 Å². The smallest absolute Gasteiger partial charge is 0.224 e. The monoisotopic (exact) mass is 421 g/mol. The van der Waals surface area contributed by atoms with Crippen LogP contribution in [0, 0.1) is 11.3 Å². The van der Waals surface area contributed by atoms with Gasteiger partial charge in [-0.2, -0.15) is 20.2 Å². The molecule has 164 valence electrons. The van der Waals surface area contributed by atoms with Crippen LogP contribution in [-0.2, 0) is 26.6 Å². The molecule has 2 aliphatic carbocycles. The van der Waals surface area contributed by atoms with Gasteiger partial charge in [-0.25, -0.2) is 0 Å². The van der Waals surface area contributed by atoms with Crippen molar-refractivity contribution in [2.45, 2.75) is 64.1 Å². The molecule has 9 nitrogen and oxygen atoms in total. The van der Waals surface area contributed by atoms with Crippen molar-refractivity contribution in [1.29, 1.82) is 0 Å². The number of aryl methyl sites for hydroxylation is 1. The second-order valence-corrected chi connectivity index (χ2v) is 9.92. The summed E-state index contributed by atoms with van der Waals surface area (Å²) in [4.78, 5) is 11.2. The highest BCUT2D eigenvalue weighted by Gasteiger charge is 2.43. The van der Waals surface area contributed by atoms with E-state index in [9.17, 15) is 0 Å². The van der Waals surface area contributed by atoms with Crippen molar-refractivity contribution >= 4 is 22.8 Å². The molecule has 2 bridgehead atoms. The summed E-state index contributed by atoms with van der Waals surface area (Å²) in [6.45, 7) is 2.72. The van der Waals surface area contributed by atoms with Gasteiger partial charge in [0.05, 0.1) is 17.8 Å². The Hall–Kier alpha value is -2.68. The molecule has 3 aromatic rings. The Morgan fingerprint density at radius 1 is 1.16 bits per heavy atom. The van der Waals surface area contributed by atoms with Crippen LogP contribution < -0.4 is 16.4 Å². The van der Waals surface area contributed by atoms with E-state index in [2.05, 4.69) is 30.8 Å². The van der Waals surface area contributed by atoms with Crippen molar-refractivity contribution in [1.82, 2.24) is 29.5 Å². The highest BCUT2D eigenvalue weighted by molar-refractivity contribution is 5.88. The van der Waals surface area contributed by atoms with Crippen LogP contribution in [0.1, 0.15) is 49.8 Å². The summed E-state index contributed by atoms with van der Waals surface area (Å²) in [5.41, 5.74) is 16.2. The fraction of sp³-hybridized carbons (Fsp3) is 0.636. The summed E-state index contributed by atoms with van der Waals surface area (Å²) < 4.78 is 4.05. The van der Waals surface area contributed by atoms with Crippen LogP contribution in [0.25, 0.3) is 11.0 Å². The molecular formula is C22H31N9. The van der Waals surface area contributed by atoms with Crippen LogP contribution in [0.3, 0.4) is 0 Å². The Bertz CT molecular complexity index is 1130. The number of fused-ring (bicyclic) bond motifs is 4. The lowest BCUT2D eigenvalue weighted by atomic mass is 9.60. The van der Waals surface area contributed by atoms with Gasteiger partial charge in [-0.1, -0.05) is 6.42 Å². The second kappa shape index (κ2) is 6.91. The number of nitrogens with zero attached hydrogens (tertiary/aromatic N) is 7. The first kappa shape index (κ1) is 19.0. The number of nitrogen functional groups attached to an aromatic ring is 1. The highest BCUT2D eigenvalue weighted by atomic mass is 15.3. The molecule has 0 spiro atoms. The van der Waals surface area contributed by atoms with Crippen LogP contribution in [0.4, 0.5) is 11.8 Å². The third-order valence-electron chi connectivity index (χ3n) is 7.98. The van der Waals surface area contributed by atoms with Gasteiger partial charge in [0.1, 0.15) is 5.82 Å². The van der Waals surface area contributed by atoms with E-state index >= 15 is 0 Å². The molecule has 6 rings (SSSR count). The molecule has 9 heteroatoms. The second-order valence-electron chi connectivity index (χ2n) is 9.92. The first-order valence-corrected chi connectivity index (χ1v) is 11.5. The number of nitrogens with two attached hydrogens (primary N) is 2. The third kappa shape index (κ3) is 3.09. The molecule has 31 heavy (non-hydrogen) atoms. The van der Waals surface area contributed by atoms with Crippen molar-refractivity contribution in [2.24, 2.45) is 24.1 Å². The van der Waals surface area contributed by atoms with Gasteiger partial charge >= 0.3 is 0 Å². The number of hydrogen-bond donors (Lipinski definition) is 2. The van der Waals surface area contributed by atoms with Gasteiger partial charge < -0.3 is 16.4 Å². The molecule has 3 aliphatic rings. The van der Waals surface area contributed by atoms with Gasteiger partial charge in [0.2, 0.25) is 5.95 Å². The summed E-state index contributed by atoms with van der Waals surface area (Å²) in [5, 5.41) is 10.1. The lowest BCUT2D eigenvalue weighted by Crippen LogP contribution is -2.46. The first-order valence-electron chi connectivity index (χ1n) is 11.5. The summed E-state index contributed by atoms with van der Waals surface area (Å²) >= 11 is 0. The molecule has 3 unspecified atom stereocenters. The van der Waals surface area contributed by atoms with Crippen LogP contribution in [0.15, 0.2) is 12.4 Å². The molecule has 4 N–H and O–H groups in total. The van der Waals surface area contributed by atoms with Crippen molar-refractivity contribution in [3.8, 4) is 0 Å². The van der Waals surface area contributed by atoms with Crippen molar-refractivity contribution in [3.63, 3.8) is 0 Å². The van der Waals surface area contributed by atoms with Gasteiger partial charge in [-0.3, -0.25) is 9.36 Å². The zero-order valence-corrected chi connectivity index (χ0v) is 18.2. The van der Waals surface area contributed by atoms with Crippen molar-refractivity contribution in [2.75, 3.05) is 17.2 Å². The highest BCUT2D eigenvalue weighted by Crippen LogP contribution is 2.49. The number of aromatic nitrogens is 6. The number of rotatable bonds is 3. The summed E-state index contributed by atoms with van der Waals surface area (Å²) in [7, 11) is 1.88. The summed E-state index contributed by atoms with van der Waals surface area (Å²) in [6, 6.07) is 0.401. The minimum atomic E-state index is 0.286. The van der Waals surface area contributed by atoms with E-state index in [1.54, 1.807) is 4.68 Å². The van der Waals surface area contributed by atoms with Crippen molar-refractivity contribution in [3.05, 3.63) is 23.7 Å². The van der Waals surface area contributed by atoms with E-state index in [-0.39, 0.29) is 5.95 Å². The van der Waals surface area contributed by atoms with E-state index in [0.29, 0.717) is 17.4 Å². The van der Waals surface area contributed by atoms with Gasteiger partial charge in [0.25, 0.3) is 0 Å². The van der Waals surface area contributed by atoms with Crippen LogP contribution >= 0.6 is 0 Å². The maximum absolute atomic E-state index is 6.40. The zero-order chi connectivity index (χ0) is 21.2. The fourth-order valence-electron chi connectivity index (χ4n) is 6.32. The molecule has 0 aromatic carbocycles. The Morgan fingerprint density at radius 2 is 2.06 bits per heavy atom. The maximum Gasteiger partial charge on any atom is 0.224 e. The molecule has 2 fully saturated rings. The molecule has 0 saturated heterocycles. The zero-order valence-electron chi connectivity index (χ0n) is 18.2. The van der Waals surface area contributed by atoms with E-state index < -0.39 is 0 Å². The van der Waals surface area contributed by atoms with Crippen molar-refractivity contribution < 1.29 is 0 Å². The number of hydrogen-bond acceptors (Lipinski definition) is 7. The fourth-order valence-corrected chi connectivity index (χ4v) is 6.32. The number of anilines is 2. The average Bonchev–Trinajstić information content (AvgIpc) is 3.34. The minimum Gasteiger partial charge on any atom is -0.368 e. The Balaban J connectivity index is 1.26. The molecule has 3 aromatic heterocycles. The van der Waals surface area contributed by atoms with Gasteiger partial charge in [0, 0.05) is 50.4 Å². The molecule has 4 heterocycles. The Morgan fingerprint density at radius 3 is 2.97 bits per heavy atom. The normalized spacial score (nSPS) is 28.1. The molecule has 0 amide bonds. The summed E-state index contributed by atoms with van der Waals surface area (Å²) in [6.07, 6.45) is 12.5. The topological polar surface area (TPSA) is 117 Å². The molecule has 1 aliphatic heterocycles. The predicted molar refractivity (Wildman–Crippen MR) is 119 cm³/mol. The Kier molecular flexibility index (Phi) is 4.25. The molecule has 3 atom stereocenters. The maximum atomic E-state index is 6.40. The predicted octanol–water partition coefficient (Wildman–Crippen LogP) is 2.00. The van der Waals surface area contributed by atoms with E-state index in [1.165, 1.54) is 43.4 Å². The summed E-state index contributed by atoms with van der Waals surface area (Å²) in [5.74, 6) is 1.85. The van der Waals surface area contributed by atoms with E-state index in [4.69, 9.17) is 16.6 Å². The lowest BCUT2D eigenvalue weighted by Gasteiger charge is -2.48. The molecule has 0 radical (unpaired) electrons.